The van der Waals surface area contributed by atoms with Gasteiger partial charge in [-0.2, -0.15) is 0 Å². The Labute approximate surface area is 140 Å². The van der Waals surface area contributed by atoms with Crippen molar-refractivity contribution in [1.29, 1.82) is 0 Å². The van der Waals surface area contributed by atoms with Gasteiger partial charge in [0.15, 0.2) is 5.96 Å². The van der Waals surface area contributed by atoms with Crippen LogP contribution in [0.2, 0.25) is 0 Å². The maximum atomic E-state index is 5.13. The Bertz CT molecular complexity index is 272. The molecule has 1 aliphatic rings. The molecule has 2 N–H and O–H groups in total. The molecule has 0 aliphatic heterocycles. The van der Waals surface area contributed by atoms with E-state index in [0.29, 0.717) is 6.61 Å². The van der Waals surface area contributed by atoms with Gasteiger partial charge in [-0.1, -0.05) is 6.92 Å². The lowest BCUT2D eigenvalue weighted by Crippen LogP contribution is -2.44. The largest absolute Gasteiger partial charge is 0.383 e. The zero-order chi connectivity index (χ0) is 14.1. The Hall–Kier alpha value is -0.0800. The molecule has 120 valence electrons. The molecule has 0 saturated heterocycles. The molecule has 1 saturated carbocycles. The van der Waals surface area contributed by atoms with Gasteiger partial charge in [0.2, 0.25) is 0 Å². The standard InChI is InChI=1S/C14H30N4O.HI/c1-5-15-14(17-12(3)11-19-4)16-9-10-18(6-2)13-7-8-13;/h12-13H,5-11H2,1-4H3,(H2,15,16,17);1H. The molecule has 0 aromatic carbocycles. The van der Waals surface area contributed by atoms with Crippen molar-refractivity contribution in [3.05, 3.63) is 0 Å². The maximum Gasteiger partial charge on any atom is 0.191 e. The van der Waals surface area contributed by atoms with E-state index in [2.05, 4.69) is 41.3 Å². The quantitative estimate of drug-likeness (QED) is 0.353. The van der Waals surface area contributed by atoms with E-state index in [4.69, 9.17) is 4.74 Å². The van der Waals surface area contributed by atoms with Crippen molar-refractivity contribution in [3.8, 4) is 0 Å². The molecule has 0 radical (unpaired) electrons. The van der Waals surface area contributed by atoms with Crippen LogP contribution in [0.4, 0.5) is 0 Å². The first-order chi connectivity index (χ1) is 9.21. The second-order valence-corrected chi connectivity index (χ2v) is 5.12. The zero-order valence-corrected chi connectivity index (χ0v) is 15.6. The highest BCUT2D eigenvalue weighted by Crippen LogP contribution is 2.25. The van der Waals surface area contributed by atoms with Gasteiger partial charge in [-0.15, -0.1) is 24.0 Å². The number of methoxy groups -OCH3 is 1. The molecule has 1 rings (SSSR count). The highest BCUT2D eigenvalue weighted by molar-refractivity contribution is 14.0. The Morgan fingerprint density at radius 2 is 2.10 bits per heavy atom. The predicted octanol–water partition coefficient (Wildman–Crippen LogP) is 1.68. The van der Waals surface area contributed by atoms with Crippen molar-refractivity contribution in [2.45, 2.75) is 45.7 Å². The van der Waals surface area contributed by atoms with Gasteiger partial charge in [-0.3, -0.25) is 9.89 Å². The van der Waals surface area contributed by atoms with Crippen molar-refractivity contribution in [2.75, 3.05) is 39.9 Å². The molecule has 1 atom stereocenters. The topological polar surface area (TPSA) is 48.9 Å². The molecule has 20 heavy (non-hydrogen) atoms. The second kappa shape index (κ2) is 11.6. The molecule has 1 aliphatic carbocycles. The fourth-order valence-electron chi connectivity index (χ4n) is 2.17. The third kappa shape index (κ3) is 8.26. The van der Waals surface area contributed by atoms with Gasteiger partial charge in [-0.25, -0.2) is 0 Å². The van der Waals surface area contributed by atoms with Crippen LogP contribution in [0.3, 0.4) is 0 Å². The maximum absolute atomic E-state index is 5.13. The molecule has 0 spiro atoms. The number of hydrogen-bond acceptors (Lipinski definition) is 3. The predicted molar refractivity (Wildman–Crippen MR) is 96.1 cm³/mol. The van der Waals surface area contributed by atoms with Crippen molar-refractivity contribution in [3.63, 3.8) is 0 Å². The minimum absolute atomic E-state index is 0. The van der Waals surface area contributed by atoms with Gasteiger partial charge in [0.25, 0.3) is 0 Å². The Balaban J connectivity index is 0.00000361. The molecule has 6 heteroatoms. The highest BCUT2D eigenvalue weighted by Gasteiger charge is 2.27. The van der Waals surface area contributed by atoms with Crippen LogP contribution in [-0.2, 0) is 4.74 Å². The lowest BCUT2D eigenvalue weighted by atomic mass is 10.4. The number of likely N-dealkylation sites (N-methyl/N-ethyl adjacent to an activating group) is 1. The molecule has 1 unspecified atom stereocenters. The van der Waals surface area contributed by atoms with Crippen LogP contribution in [0, 0.1) is 0 Å². The summed E-state index contributed by atoms with van der Waals surface area (Å²) in [6.45, 7) is 11.0. The number of guanidine groups is 1. The number of ether oxygens (including phenoxy) is 1. The minimum Gasteiger partial charge on any atom is -0.383 e. The van der Waals surface area contributed by atoms with E-state index >= 15 is 0 Å². The van der Waals surface area contributed by atoms with E-state index in [1.165, 1.54) is 12.8 Å². The van der Waals surface area contributed by atoms with Crippen molar-refractivity contribution in [2.24, 2.45) is 4.99 Å². The number of halogens is 1. The molecular weight excluding hydrogens is 367 g/mol. The van der Waals surface area contributed by atoms with Crippen molar-refractivity contribution >= 4 is 29.9 Å². The summed E-state index contributed by atoms with van der Waals surface area (Å²) in [7, 11) is 1.72. The van der Waals surface area contributed by atoms with Gasteiger partial charge in [-0.05, 0) is 33.2 Å². The van der Waals surface area contributed by atoms with Gasteiger partial charge in [0.05, 0.1) is 13.2 Å². The lowest BCUT2D eigenvalue weighted by molar-refractivity contribution is 0.179. The number of nitrogens with one attached hydrogen (secondary N) is 2. The van der Waals surface area contributed by atoms with E-state index < -0.39 is 0 Å². The summed E-state index contributed by atoms with van der Waals surface area (Å²) >= 11 is 0. The monoisotopic (exact) mass is 398 g/mol. The third-order valence-corrected chi connectivity index (χ3v) is 3.27. The van der Waals surface area contributed by atoms with Crippen LogP contribution in [0.5, 0.6) is 0 Å². The summed E-state index contributed by atoms with van der Waals surface area (Å²) < 4.78 is 5.13. The summed E-state index contributed by atoms with van der Waals surface area (Å²) in [4.78, 5) is 7.15. The Kier molecular flexibility index (Phi) is 11.5. The SMILES string of the molecule is CCNC(=NCCN(CC)C1CC1)NC(C)COC.I. The smallest absolute Gasteiger partial charge is 0.191 e. The second-order valence-electron chi connectivity index (χ2n) is 5.12. The van der Waals surface area contributed by atoms with Gasteiger partial charge < -0.3 is 15.4 Å². The molecule has 0 bridgehead atoms. The fourth-order valence-corrected chi connectivity index (χ4v) is 2.17. The first-order valence-corrected chi connectivity index (χ1v) is 7.49. The van der Waals surface area contributed by atoms with Crippen LogP contribution in [0.1, 0.15) is 33.6 Å². The Morgan fingerprint density at radius 1 is 1.40 bits per heavy atom. The first kappa shape index (κ1) is 19.9. The molecule has 1 fully saturated rings. The zero-order valence-electron chi connectivity index (χ0n) is 13.3. The summed E-state index contributed by atoms with van der Waals surface area (Å²) in [5.74, 6) is 0.888. The summed E-state index contributed by atoms with van der Waals surface area (Å²) in [5, 5.41) is 6.62. The van der Waals surface area contributed by atoms with Crippen molar-refractivity contribution in [1.82, 2.24) is 15.5 Å². The average molecular weight is 398 g/mol. The summed E-state index contributed by atoms with van der Waals surface area (Å²) in [5.41, 5.74) is 0. The summed E-state index contributed by atoms with van der Waals surface area (Å²) in [6, 6.07) is 1.09. The van der Waals surface area contributed by atoms with Gasteiger partial charge in [0.1, 0.15) is 0 Å². The first-order valence-electron chi connectivity index (χ1n) is 7.49. The van der Waals surface area contributed by atoms with Gasteiger partial charge in [0, 0.05) is 32.3 Å². The van der Waals surface area contributed by atoms with Gasteiger partial charge >= 0.3 is 0 Å². The number of nitrogens with zero attached hydrogens (tertiary/aromatic N) is 2. The van der Waals surface area contributed by atoms with E-state index in [0.717, 1.165) is 38.2 Å². The third-order valence-electron chi connectivity index (χ3n) is 3.27. The van der Waals surface area contributed by atoms with Crippen LogP contribution in [0.15, 0.2) is 4.99 Å². The normalized spacial score (nSPS) is 16.8. The Morgan fingerprint density at radius 3 is 2.60 bits per heavy atom. The number of aliphatic imine (C=N–C) groups is 1. The molecule has 0 aromatic heterocycles. The van der Waals surface area contributed by atoms with E-state index in [9.17, 15) is 0 Å². The fraction of sp³-hybridized carbons (Fsp3) is 0.929. The molecule has 0 heterocycles. The van der Waals surface area contributed by atoms with E-state index in [-0.39, 0.29) is 30.0 Å². The molecule has 5 nitrogen and oxygen atoms in total. The van der Waals surface area contributed by atoms with E-state index in [1.807, 2.05) is 0 Å². The van der Waals surface area contributed by atoms with Crippen LogP contribution < -0.4 is 10.6 Å². The highest BCUT2D eigenvalue weighted by atomic mass is 127. The van der Waals surface area contributed by atoms with Crippen LogP contribution >= 0.6 is 24.0 Å². The summed E-state index contributed by atoms with van der Waals surface area (Å²) in [6.07, 6.45) is 2.72. The number of rotatable bonds is 9. The molecule has 0 amide bonds. The number of hydrogen-bond donors (Lipinski definition) is 2. The van der Waals surface area contributed by atoms with Crippen molar-refractivity contribution < 1.29 is 4.74 Å². The van der Waals surface area contributed by atoms with Crippen LogP contribution in [0.25, 0.3) is 0 Å². The van der Waals surface area contributed by atoms with E-state index in [1.54, 1.807) is 7.11 Å². The molecular formula is C14H31IN4O. The average Bonchev–Trinajstić information content (AvgIpc) is 3.19. The molecule has 0 aromatic rings. The van der Waals surface area contributed by atoms with Crippen LogP contribution in [-0.4, -0.2) is 62.8 Å². The minimum atomic E-state index is 0. The lowest BCUT2D eigenvalue weighted by Gasteiger charge is -2.20.